The zero-order valence-corrected chi connectivity index (χ0v) is 33.2. The number of pyridine rings is 2. The molecule has 2 aromatic heterocycles. The molecule has 0 saturated carbocycles. The number of benzene rings is 3. The third kappa shape index (κ3) is 9.10. The summed E-state index contributed by atoms with van der Waals surface area (Å²) in [4.78, 5) is 32.1. The number of halogens is 2. The molecule has 0 bridgehead atoms. The highest BCUT2D eigenvalue weighted by atomic mass is 35.5. The topological polar surface area (TPSA) is 179 Å². The van der Waals surface area contributed by atoms with E-state index < -0.39 is 18.1 Å². The SMILES string of the molecule is C[C@@](CO)(NCc1cc(Cl)c(O[C@H]2CCc3c(-c4cccc(-c5ccc(CNC[C@@H]6CCC(=O)N6)cc5)c4Cl)cccc32)nc1OCc1cncc(C#N)c1)C(=O)O. The summed E-state index contributed by atoms with van der Waals surface area (Å²) in [5, 5.41) is 38.9. The maximum Gasteiger partial charge on any atom is 0.326 e. The van der Waals surface area contributed by atoms with Gasteiger partial charge in [0.05, 0.1) is 17.2 Å². The molecule has 58 heavy (non-hydrogen) atoms. The summed E-state index contributed by atoms with van der Waals surface area (Å²) >= 11 is 14.0. The van der Waals surface area contributed by atoms with Gasteiger partial charge in [0.2, 0.25) is 17.7 Å². The van der Waals surface area contributed by atoms with Crippen LogP contribution >= 0.6 is 23.2 Å². The molecule has 5 aromatic rings. The van der Waals surface area contributed by atoms with Gasteiger partial charge in [0.25, 0.3) is 0 Å². The van der Waals surface area contributed by atoms with Gasteiger partial charge < -0.3 is 30.3 Å². The van der Waals surface area contributed by atoms with Crippen LogP contribution in [0.3, 0.4) is 0 Å². The number of aliphatic hydroxyl groups is 1. The summed E-state index contributed by atoms with van der Waals surface area (Å²) in [6.07, 6.45) is 5.47. The third-order valence-corrected chi connectivity index (χ3v) is 11.2. The molecular weight excluding hydrogens is 779 g/mol. The van der Waals surface area contributed by atoms with Gasteiger partial charge in [-0.05, 0) is 66.1 Å². The average Bonchev–Trinajstić information content (AvgIpc) is 3.85. The number of nitrogens with one attached hydrogen (secondary N) is 3. The predicted molar refractivity (Wildman–Crippen MR) is 219 cm³/mol. The first kappa shape index (κ1) is 40.6. The lowest BCUT2D eigenvalue weighted by Gasteiger charge is -2.24. The fourth-order valence-electron chi connectivity index (χ4n) is 7.21. The van der Waals surface area contributed by atoms with Crippen LogP contribution < -0.4 is 25.4 Å². The Morgan fingerprint density at radius 1 is 0.983 bits per heavy atom. The number of hydrogen-bond donors (Lipinski definition) is 5. The Labute approximate surface area is 346 Å². The third-order valence-electron chi connectivity index (χ3n) is 10.6. The maximum atomic E-state index is 11.9. The Morgan fingerprint density at radius 2 is 1.76 bits per heavy atom. The van der Waals surface area contributed by atoms with Gasteiger partial charge in [-0.15, -0.1) is 0 Å². The van der Waals surface area contributed by atoms with E-state index in [-0.39, 0.29) is 48.0 Å². The van der Waals surface area contributed by atoms with Crippen molar-refractivity contribution in [3.8, 4) is 40.1 Å². The number of carboxylic acid groups (broad SMARTS) is 1. The number of carbonyl (C=O) groups is 2. The van der Waals surface area contributed by atoms with E-state index in [0.717, 1.165) is 58.3 Å². The van der Waals surface area contributed by atoms with Crippen molar-refractivity contribution in [3.05, 3.63) is 129 Å². The number of aromatic nitrogens is 2. The lowest BCUT2D eigenvalue weighted by Crippen LogP contribution is -2.52. The smallest absolute Gasteiger partial charge is 0.326 e. The van der Waals surface area contributed by atoms with E-state index in [2.05, 4.69) is 62.3 Å². The van der Waals surface area contributed by atoms with Gasteiger partial charge in [-0.2, -0.15) is 10.2 Å². The van der Waals surface area contributed by atoms with Crippen LogP contribution in [0.15, 0.2) is 85.2 Å². The Bertz CT molecular complexity index is 2370. The number of carbonyl (C=O) groups excluding carboxylic acids is 1. The van der Waals surface area contributed by atoms with Crippen molar-refractivity contribution in [3.63, 3.8) is 0 Å². The van der Waals surface area contributed by atoms with E-state index in [1.165, 1.54) is 13.1 Å². The fraction of sp³-hybridized carbons (Fsp3) is 0.295. The Morgan fingerprint density at radius 3 is 2.50 bits per heavy atom. The van der Waals surface area contributed by atoms with Gasteiger partial charge in [0.15, 0.2) is 0 Å². The van der Waals surface area contributed by atoms with E-state index in [0.29, 0.717) is 41.1 Å². The van der Waals surface area contributed by atoms with E-state index in [1.54, 1.807) is 18.3 Å². The first-order valence-corrected chi connectivity index (χ1v) is 19.7. The lowest BCUT2D eigenvalue weighted by molar-refractivity contribution is -0.146. The molecule has 1 aliphatic heterocycles. The van der Waals surface area contributed by atoms with Crippen LogP contribution in [0.2, 0.25) is 10.0 Å². The molecule has 3 aromatic carbocycles. The molecule has 1 aliphatic carbocycles. The number of nitrogens with zero attached hydrogens (tertiary/aromatic N) is 3. The first-order chi connectivity index (χ1) is 28.0. The maximum absolute atomic E-state index is 11.9. The molecule has 14 heteroatoms. The van der Waals surface area contributed by atoms with Crippen molar-refractivity contribution in [2.24, 2.45) is 0 Å². The zero-order chi connectivity index (χ0) is 40.8. The van der Waals surface area contributed by atoms with Crippen molar-refractivity contribution in [1.82, 2.24) is 25.9 Å². The highest BCUT2D eigenvalue weighted by Crippen LogP contribution is 2.44. The van der Waals surface area contributed by atoms with Crippen LogP contribution in [0.1, 0.15) is 65.7 Å². The molecule has 0 spiro atoms. The summed E-state index contributed by atoms with van der Waals surface area (Å²) in [6, 6.07) is 26.0. The Hall–Kier alpha value is -5.55. The normalized spacial score (nSPS) is 16.9. The van der Waals surface area contributed by atoms with Gasteiger partial charge in [0, 0.05) is 66.7 Å². The molecular formula is C44H42Cl2N6O6. The van der Waals surface area contributed by atoms with Crippen LogP contribution in [-0.4, -0.2) is 56.8 Å². The number of nitriles is 1. The number of ether oxygens (including phenoxy) is 2. The number of amides is 1. The van der Waals surface area contributed by atoms with Crippen molar-refractivity contribution in [2.45, 2.75) is 70.0 Å². The molecule has 3 heterocycles. The number of aliphatic hydroxyl groups excluding tert-OH is 1. The number of rotatable bonds is 16. The van der Waals surface area contributed by atoms with Gasteiger partial charge >= 0.3 is 5.97 Å². The molecule has 2 aliphatic rings. The molecule has 298 valence electrons. The van der Waals surface area contributed by atoms with Crippen molar-refractivity contribution < 1.29 is 29.3 Å². The highest BCUT2D eigenvalue weighted by Gasteiger charge is 2.33. The van der Waals surface area contributed by atoms with E-state index in [9.17, 15) is 25.1 Å². The van der Waals surface area contributed by atoms with Crippen LogP contribution in [0.25, 0.3) is 22.3 Å². The zero-order valence-electron chi connectivity index (χ0n) is 31.7. The van der Waals surface area contributed by atoms with Gasteiger partial charge in [-0.3, -0.25) is 19.9 Å². The lowest BCUT2D eigenvalue weighted by atomic mass is 9.93. The summed E-state index contributed by atoms with van der Waals surface area (Å²) in [5.41, 5.74) is 6.89. The predicted octanol–water partition coefficient (Wildman–Crippen LogP) is 6.93. The highest BCUT2D eigenvalue weighted by molar-refractivity contribution is 6.36. The van der Waals surface area contributed by atoms with Crippen molar-refractivity contribution >= 4 is 35.1 Å². The van der Waals surface area contributed by atoms with Crippen LogP contribution in [-0.2, 0) is 35.7 Å². The average molecular weight is 822 g/mol. The van der Waals surface area contributed by atoms with Gasteiger partial charge in [0.1, 0.15) is 29.3 Å². The van der Waals surface area contributed by atoms with Gasteiger partial charge in [-0.25, -0.2) is 0 Å². The molecule has 12 nitrogen and oxygen atoms in total. The van der Waals surface area contributed by atoms with Gasteiger partial charge in [-0.1, -0.05) is 83.9 Å². The summed E-state index contributed by atoms with van der Waals surface area (Å²) in [5.74, 6) is -0.836. The second kappa shape index (κ2) is 17.9. The quantitative estimate of drug-likeness (QED) is 0.0698. The van der Waals surface area contributed by atoms with Crippen LogP contribution in [0.4, 0.5) is 0 Å². The minimum atomic E-state index is -1.63. The Kier molecular flexibility index (Phi) is 12.6. The van der Waals surface area contributed by atoms with Crippen LogP contribution in [0, 0.1) is 11.3 Å². The molecule has 1 fully saturated rings. The Balaban J connectivity index is 1.10. The van der Waals surface area contributed by atoms with E-state index in [4.69, 9.17) is 32.7 Å². The van der Waals surface area contributed by atoms with E-state index in [1.807, 2.05) is 30.3 Å². The number of hydrogen-bond acceptors (Lipinski definition) is 10. The minimum absolute atomic E-state index is 0.0128. The largest absolute Gasteiger partial charge is 0.480 e. The molecule has 3 atom stereocenters. The minimum Gasteiger partial charge on any atom is -0.480 e. The second-order valence-electron chi connectivity index (χ2n) is 14.7. The second-order valence-corrected chi connectivity index (χ2v) is 15.5. The fourth-order valence-corrected chi connectivity index (χ4v) is 7.76. The molecule has 1 amide bonds. The summed E-state index contributed by atoms with van der Waals surface area (Å²) in [7, 11) is 0. The van der Waals surface area contributed by atoms with Crippen molar-refractivity contribution in [2.75, 3.05) is 13.2 Å². The van der Waals surface area contributed by atoms with Crippen LogP contribution in [0.5, 0.6) is 11.8 Å². The molecule has 1 saturated heterocycles. The molecule has 0 radical (unpaired) electrons. The number of carboxylic acids is 1. The first-order valence-electron chi connectivity index (χ1n) is 19.0. The monoisotopic (exact) mass is 820 g/mol. The summed E-state index contributed by atoms with van der Waals surface area (Å²) < 4.78 is 12.6. The standard InChI is InChI=1S/C44H42Cl2N6O6/c1-44(25-53,43(55)56)50-22-30-17-37(45)42(52-41(30)57-24-28-16-27(18-47)20-48-21-28)58-38-14-13-34-33(5-3-6-35(34)38)36-7-2-4-32(40(36)46)29-10-8-26(9-11-29)19-49-23-31-12-15-39(54)51-31/h2-11,16-17,20-21,31,38,49-50,53H,12-15,19,22-25H2,1H3,(H,51,54)(H,55,56)/t31-,38-,44-/m0/s1. The number of fused-ring (bicyclic) bond motifs is 1. The van der Waals surface area contributed by atoms with Crippen molar-refractivity contribution in [1.29, 1.82) is 5.26 Å². The van der Waals surface area contributed by atoms with E-state index >= 15 is 0 Å². The molecule has 5 N–H and O–H groups in total. The summed E-state index contributed by atoms with van der Waals surface area (Å²) in [6.45, 7) is 2.12. The molecule has 0 unspecified atom stereocenters. The number of aliphatic carboxylic acids is 1. The molecule has 7 rings (SSSR count).